The van der Waals surface area contributed by atoms with Gasteiger partial charge in [0.2, 0.25) is 0 Å². The van der Waals surface area contributed by atoms with Crippen molar-refractivity contribution >= 4 is 60.5 Å². The Bertz CT molecular complexity index is 2850. The van der Waals surface area contributed by atoms with Gasteiger partial charge < -0.3 is 9.32 Å². The van der Waals surface area contributed by atoms with Gasteiger partial charge in [0.25, 0.3) is 0 Å². The van der Waals surface area contributed by atoms with E-state index in [2.05, 4.69) is 120 Å². The van der Waals surface area contributed by atoms with Crippen LogP contribution >= 0.6 is 0 Å². The molecule has 0 spiro atoms. The second-order valence-electron chi connectivity index (χ2n) is 12.8. The smallest absolute Gasteiger partial charge is 0.164 e. The Balaban J connectivity index is 1.29. The second kappa shape index (κ2) is 12.3. The van der Waals surface area contributed by atoms with Crippen LogP contribution in [0, 0.1) is 0 Å². The van der Waals surface area contributed by atoms with Crippen LogP contribution in [0.3, 0.4) is 0 Å². The summed E-state index contributed by atoms with van der Waals surface area (Å²) in [6.45, 7) is 0. The monoisotopic (exact) mass is 666 g/mol. The van der Waals surface area contributed by atoms with Gasteiger partial charge in [0.1, 0.15) is 5.58 Å². The Morgan fingerprint density at radius 3 is 1.67 bits per heavy atom. The van der Waals surface area contributed by atoms with E-state index in [9.17, 15) is 0 Å². The van der Waals surface area contributed by atoms with E-state index in [4.69, 9.17) is 19.4 Å². The van der Waals surface area contributed by atoms with Crippen molar-refractivity contribution in [1.29, 1.82) is 0 Å². The first-order valence-electron chi connectivity index (χ1n) is 17.4. The summed E-state index contributed by atoms with van der Waals surface area (Å²) in [4.78, 5) is 17.5. The summed E-state index contributed by atoms with van der Waals surface area (Å²) in [6, 6.07) is 62.7. The first-order valence-corrected chi connectivity index (χ1v) is 17.4. The van der Waals surface area contributed by atoms with Gasteiger partial charge in [-0.05, 0) is 58.6 Å². The molecule has 0 unspecified atom stereocenters. The zero-order valence-electron chi connectivity index (χ0n) is 28.0. The van der Waals surface area contributed by atoms with E-state index in [1.54, 1.807) is 0 Å². The van der Waals surface area contributed by atoms with E-state index in [1.807, 2.05) is 66.7 Å². The van der Waals surface area contributed by atoms with Crippen molar-refractivity contribution in [2.75, 3.05) is 4.90 Å². The average molecular weight is 667 g/mol. The third kappa shape index (κ3) is 5.07. The van der Waals surface area contributed by atoms with Gasteiger partial charge >= 0.3 is 0 Å². The number of anilines is 3. The first kappa shape index (κ1) is 29.8. The standard InChI is InChI=1S/C47H30N4O/c1-4-16-33(17-5-1)45-48-46(34-18-6-2-7-19-34)50-47(49-45)40-28-29-41(44-42(40)39-27-25-32-15-12-13-23-38(32)43(39)52-44)51(36-21-8-3-9-22-36)37-26-24-31-14-10-11-20-35(31)30-37/h1-30H. The Hall–Kier alpha value is -7.11. The van der Waals surface area contributed by atoms with Crippen LogP contribution in [0.25, 0.3) is 77.6 Å². The fraction of sp³-hybridized carbons (Fsp3) is 0. The fourth-order valence-electron chi connectivity index (χ4n) is 7.21. The number of hydrogen-bond donors (Lipinski definition) is 0. The predicted octanol–water partition coefficient (Wildman–Crippen LogP) is 12.5. The molecule has 52 heavy (non-hydrogen) atoms. The van der Waals surface area contributed by atoms with E-state index in [-0.39, 0.29) is 0 Å². The number of nitrogens with zero attached hydrogens (tertiary/aromatic N) is 4. The van der Waals surface area contributed by atoms with Crippen LogP contribution in [-0.2, 0) is 0 Å². The highest BCUT2D eigenvalue weighted by Crippen LogP contribution is 2.47. The number of furan rings is 1. The SMILES string of the molecule is c1ccc(-c2nc(-c3ccccc3)nc(-c3ccc(N(c4ccccc4)c4ccc5ccccc5c4)c4oc5c6ccccc6ccc5c34)n2)cc1. The molecule has 0 radical (unpaired) electrons. The van der Waals surface area contributed by atoms with Crippen molar-refractivity contribution in [2.24, 2.45) is 0 Å². The van der Waals surface area contributed by atoms with Crippen molar-refractivity contribution in [2.45, 2.75) is 0 Å². The van der Waals surface area contributed by atoms with Gasteiger partial charge in [-0.15, -0.1) is 0 Å². The lowest BCUT2D eigenvalue weighted by Gasteiger charge is -2.26. The molecule has 10 aromatic rings. The van der Waals surface area contributed by atoms with Crippen molar-refractivity contribution in [3.05, 3.63) is 182 Å². The molecule has 2 aromatic heterocycles. The normalized spacial score (nSPS) is 11.5. The maximum Gasteiger partial charge on any atom is 0.164 e. The molecule has 8 aromatic carbocycles. The van der Waals surface area contributed by atoms with E-state index >= 15 is 0 Å². The lowest BCUT2D eigenvalue weighted by Crippen LogP contribution is -2.10. The van der Waals surface area contributed by atoms with Gasteiger partial charge in [0, 0.05) is 44.2 Å². The third-order valence-corrected chi connectivity index (χ3v) is 9.68. The average Bonchev–Trinajstić information content (AvgIpc) is 3.63. The minimum atomic E-state index is 0.581. The van der Waals surface area contributed by atoms with Gasteiger partial charge in [0.05, 0.1) is 5.69 Å². The van der Waals surface area contributed by atoms with Crippen LogP contribution in [0.5, 0.6) is 0 Å². The number of fused-ring (bicyclic) bond motifs is 6. The van der Waals surface area contributed by atoms with Gasteiger partial charge in [-0.3, -0.25) is 0 Å². The highest BCUT2D eigenvalue weighted by atomic mass is 16.3. The lowest BCUT2D eigenvalue weighted by atomic mass is 10.0. The summed E-state index contributed by atoms with van der Waals surface area (Å²) in [5.41, 5.74) is 7.27. The third-order valence-electron chi connectivity index (χ3n) is 9.68. The molecule has 0 fully saturated rings. The highest BCUT2D eigenvalue weighted by molar-refractivity contribution is 6.21. The molecule has 0 aliphatic rings. The maximum absolute atomic E-state index is 7.09. The quantitative estimate of drug-likeness (QED) is 0.177. The lowest BCUT2D eigenvalue weighted by molar-refractivity contribution is 0.673. The van der Waals surface area contributed by atoms with E-state index in [0.717, 1.165) is 71.8 Å². The molecule has 0 amide bonds. The second-order valence-corrected chi connectivity index (χ2v) is 12.8. The molecule has 0 N–H and O–H groups in total. The van der Waals surface area contributed by atoms with Gasteiger partial charge in [-0.2, -0.15) is 0 Å². The van der Waals surface area contributed by atoms with E-state index in [1.165, 1.54) is 5.39 Å². The minimum absolute atomic E-state index is 0.581. The van der Waals surface area contributed by atoms with Crippen LogP contribution in [0.1, 0.15) is 0 Å². The first-order chi connectivity index (χ1) is 25.8. The molecule has 10 rings (SSSR count). The van der Waals surface area contributed by atoms with Crippen molar-refractivity contribution in [1.82, 2.24) is 15.0 Å². The van der Waals surface area contributed by atoms with Crippen LogP contribution < -0.4 is 4.90 Å². The molecule has 5 nitrogen and oxygen atoms in total. The summed E-state index contributed by atoms with van der Waals surface area (Å²) in [5.74, 6) is 1.81. The number of benzene rings is 8. The number of rotatable bonds is 6. The fourth-order valence-corrected chi connectivity index (χ4v) is 7.21. The largest absolute Gasteiger partial charge is 0.453 e. The molecular weight excluding hydrogens is 637 g/mol. The predicted molar refractivity (Wildman–Crippen MR) is 213 cm³/mol. The molecule has 244 valence electrons. The molecule has 0 atom stereocenters. The summed E-state index contributed by atoms with van der Waals surface area (Å²) in [5, 5.41) is 6.47. The number of aromatic nitrogens is 3. The molecule has 2 heterocycles. The zero-order chi connectivity index (χ0) is 34.4. The molecule has 0 saturated heterocycles. The molecular formula is C47H30N4O. The Labute approximate surface area is 300 Å². The van der Waals surface area contributed by atoms with Crippen molar-refractivity contribution < 1.29 is 4.42 Å². The number of hydrogen-bond acceptors (Lipinski definition) is 5. The molecule has 5 heteroatoms. The van der Waals surface area contributed by atoms with E-state index in [0.29, 0.717) is 17.5 Å². The molecule has 0 saturated carbocycles. The van der Waals surface area contributed by atoms with Gasteiger partial charge in [0.15, 0.2) is 23.1 Å². The summed E-state index contributed by atoms with van der Waals surface area (Å²) < 4.78 is 7.09. The van der Waals surface area contributed by atoms with Crippen LogP contribution in [0.15, 0.2) is 186 Å². The van der Waals surface area contributed by atoms with Gasteiger partial charge in [-0.1, -0.05) is 140 Å². The molecule has 0 aliphatic carbocycles. The summed E-state index contributed by atoms with van der Waals surface area (Å²) >= 11 is 0. The van der Waals surface area contributed by atoms with Crippen molar-refractivity contribution in [3.63, 3.8) is 0 Å². The topological polar surface area (TPSA) is 55.1 Å². The maximum atomic E-state index is 7.09. The molecule has 0 bridgehead atoms. The van der Waals surface area contributed by atoms with Crippen molar-refractivity contribution in [3.8, 4) is 34.2 Å². The van der Waals surface area contributed by atoms with Crippen LogP contribution in [0.4, 0.5) is 17.1 Å². The number of para-hydroxylation sites is 1. The van der Waals surface area contributed by atoms with E-state index < -0.39 is 0 Å². The van der Waals surface area contributed by atoms with Crippen LogP contribution in [0.2, 0.25) is 0 Å². The highest BCUT2D eigenvalue weighted by Gasteiger charge is 2.25. The Morgan fingerprint density at radius 1 is 0.385 bits per heavy atom. The van der Waals surface area contributed by atoms with Gasteiger partial charge in [-0.25, -0.2) is 15.0 Å². The summed E-state index contributed by atoms with van der Waals surface area (Å²) in [7, 11) is 0. The zero-order valence-corrected chi connectivity index (χ0v) is 28.0. The van der Waals surface area contributed by atoms with Crippen LogP contribution in [-0.4, -0.2) is 15.0 Å². The minimum Gasteiger partial charge on any atom is -0.453 e. The molecule has 0 aliphatic heterocycles. The summed E-state index contributed by atoms with van der Waals surface area (Å²) in [6.07, 6.45) is 0. The Morgan fingerprint density at radius 2 is 0.962 bits per heavy atom. The Kier molecular flexibility index (Phi) is 7.07.